The van der Waals surface area contributed by atoms with Gasteiger partial charge in [-0.15, -0.1) is 0 Å². The van der Waals surface area contributed by atoms with E-state index in [1.165, 1.54) is 23.5 Å². The standard InChI is InChI=1S/C20H29N3O3/c1-14-7-15-9-19(2,3)12-20(8-14,10-15)22-17(25)11-23-6-4-5-16(18(23)26)21-13-24/h4-6,13-15H,7-12H2,1-3H3,(H,21,24)(H,22,25). The van der Waals surface area contributed by atoms with E-state index in [0.717, 1.165) is 19.3 Å². The van der Waals surface area contributed by atoms with Crippen LogP contribution in [0.15, 0.2) is 23.1 Å². The Kier molecular flexibility index (Phi) is 4.95. The van der Waals surface area contributed by atoms with Crippen molar-refractivity contribution < 1.29 is 9.59 Å². The normalized spacial score (nSPS) is 29.7. The van der Waals surface area contributed by atoms with Crippen LogP contribution < -0.4 is 16.2 Å². The molecule has 2 saturated carbocycles. The van der Waals surface area contributed by atoms with Crippen molar-refractivity contribution in [3.05, 3.63) is 28.7 Å². The Labute approximate surface area is 154 Å². The lowest BCUT2D eigenvalue weighted by Gasteiger charge is -2.53. The maximum absolute atomic E-state index is 12.8. The summed E-state index contributed by atoms with van der Waals surface area (Å²) in [6.07, 6.45) is 7.51. The summed E-state index contributed by atoms with van der Waals surface area (Å²) in [6, 6.07) is 3.18. The number of pyridine rings is 1. The number of hydrogen-bond donors (Lipinski definition) is 2. The third-order valence-corrected chi connectivity index (χ3v) is 5.77. The molecule has 3 unspecified atom stereocenters. The first-order valence-electron chi connectivity index (χ1n) is 9.43. The average Bonchev–Trinajstić information content (AvgIpc) is 2.48. The lowest BCUT2D eigenvalue weighted by atomic mass is 9.56. The molecule has 2 fully saturated rings. The number of rotatable bonds is 5. The molecule has 2 amide bonds. The molecule has 1 aromatic heterocycles. The molecule has 1 heterocycles. The van der Waals surface area contributed by atoms with Crippen LogP contribution in [0.2, 0.25) is 0 Å². The highest BCUT2D eigenvalue weighted by molar-refractivity contribution is 5.77. The Hall–Kier alpha value is -2.11. The van der Waals surface area contributed by atoms with Crippen LogP contribution in [0.25, 0.3) is 0 Å². The summed E-state index contributed by atoms with van der Waals surface area (Å²) in [6.45, 7) is 6.81. The van der Waals surface area contributed by atoms with E-state index < -0.39 is 0 Å². The van der Waals surface area contributed by atoms with Gasteiger partial charge in [0.2, 0.25) is 12.3 Å². The highest BCUT2D eigenvalue weighted by Crippen LogP contribution is 2.52. The number of fused-ring (bicyclic) bond motifs is 2. The molecule has 3 rings (SSSR count). The molecule has 0 saturated heterocycles. The number of carbonyl (C=O) groups excluding carboxylic acids is 2. The first-order chi connectivity index (χ1) is 12.2. The van der Waals surface area contributed by atoms with Gasteiger partial charge in [-0.25, -0.2) is 0 Å². The van der Waals surface area contributed by atoms with Gasteiger partial charge in [0.05, 0.1) is 0 Å². The topological polar surface area (TPSA) is 80.2 Å². The van der Waals surface area contributed by atoms with Crippen molar-refractivity contribution >= 4 is 18.0 Å². The highest BCUT2D eigenvalue weighted by Gasteiger charge is 2.48. The number of anilines is 1. The number of amides is 2. The summed E-state index contributed by atoms with van der Waals surface area (Å²) < 4.78 is 1.34. The number of nitrogens with zero attached hydrogens (tertiary/aromatic N) is 1. The molecule has 0 aliphatic heterocycles. The van der Waals surface area contributed by atoms with Gasteiger partial charge >= 0.3 is 0 Å². The van der Waals surface area contributed by atoms with E-state index in [0.29, 0.717) is 18.2 Å². The third-order valence-electron chi connectivity index (χ3n) is 5.77. The predicted octanol–water partition coefficient (Wildman–Crippen LogP) is 2.53. The molecule has 0 aromatic carbocycles. The van der Waals surface area contributed by atoms with E-state index >= 15 is 0 Å². The lowest BCUT2D eigenvalue weighted by Crippen LogP contribution is -2.58. The van der Waals surface area contributed by atoms with Crippen LogP contribution in [0.4, 0.5) is 5.69 Å². The molecule has 1 aromatic rings. The summed E-state index contributed by atoms with van der Waals surface area (Å²) in [5.41, 5.74) is -0.130. The summed E-state index contributed by atoms with van der Waals surface area (Å²) in [5, 5.41) is 5.66. The SMILES string of the molecule is CC1CC2CC(C)(C)CC(NC(=O)Cn3cccc(NC=O)c3=O)(C1)C2. The van der Waals surface area contributed by atoms with Crippen molar-refractivity contribution in [1.82, 2.24) is 9.88 Å². The minimum atomic E-state index is -0.369. The molecule has 6 nitrogen and oxygen atoms in total. The zero-order valence-electron chi connectivity index (χ0n) is 15.9. The van der Waals surface area contributed by atoms with E-state index in [1.807, 2.05) is 0 Å². The quantitative estimate of drug-likeness (QED) is 0.793. The number of hydrogen-bond acceptors (Lipinski definition) is 3. The van der Waals surface area contributed by atoms with E-state index in [9.17, 15) is 14.4 Å². The van der Waals surface area contributed by atoms with Crippen molar-refractivity contribution in [1.29, 1.82) is 0 Å². The van der Waals surface area contributed by atoms with Crippen molar-refractivity contribution in [2.45, 2.75) is 65.0 Å². The molecule has 2 aliphatic rings. The molecule has 3 atom stereocenters. The zero-order chi connectivity index (χ0) is 18.9. The fourth-order valence-electron chi connectivity index (χ4n) is 5.58. The maximum atomic E-state index is 12.8. The van der Waals surface area contributed by atoms with E-state index in [1.54, 1.807) is 12.3 Å². The number of carbonyl (C=O) groups is 2. The molecule has 142 valence electrons. The van der Waals surface area contributed by atoms with Gasteiger partial charge in [-0.3, -0.25) is 14.4 Å². The van der Waals surface area contributed by atoms with Gasteiger partial charge in [0.1, 0.15) is 12.2 Å². The van der Waals surface area contributed by atoms with Crippen LogP contribution >= 0.6 is 0 Å². The molecule has 0 spiro atoms. The lowest BCUT2D eigenvalue weighted by molar-refractivity contribution is -0.126. The van der Waals surface area contributed by atoms with Crippen molar-refractivity contribution in [3.8, 4) is 0 Å². The molecule has 26 heavy (non-hydrogen) atoms. The van der Waals surface area contributed by atoms with Gasteiger partial charge < -0.3 is 15.2 Å². The van der Waals surface area contributed by atoms with Gasteiger partial charge in [-0.1, -0.05) is 20.8 Å². The van der Waals surface area contributed by atoms with Gasteiger partial charge in [0.25, 0.3) is 5.56 Å². The van der Waals surface area contributed by atoms with Crippen LogP contribution in [0.5, 0.6) is 0 Å². The predicted molar refractivity (Wildman–Crippen MR) is 101 cm³/mol. The number of nitrogens with one attached hydrogen (secondary N) is 2. The maximum Gasteiger partial charge on any atom is 0.274 e. The van der Waals surface area contributed by atoms with Crippen molar-refractivity contribution in [2.75, 3.05) is 5.32 Å². The Morgan fingerprint density at radius 2 is 2.12 bits per heavy atom. The van der Waals surface area contributed by atoms with E-state index in [-0.39, 0.29) is 34.7 Å². The third kappa shape index (κ3) is 4.00. The zero-order valence-corrected chi connectivity index (χ0v) is 15.9. The first kappa shape index (κ1) is 18.7. The van der Waals surface area contributed by atoms with Gasteiger partial charge in [0.15, 0.2) is 0 Å². The fourth-order valence-corrected chi connectivity index (χ4v) is 5.58. The second-order valence-electron chi connectivity index (χ2n) is 9.11. The molecule has 2 N–H and O–H groups in total. The van der Waals surface area contributed by atoms with Crippen molar-refractivity contribution in [2.24, 2.45) is 17.3 Å². The molecular formula is C20H29N3O3. The second-order valence-corrected chi connectivity index (χ2v) is 9.11. The highest BCUT2D eigenvalue weighted by atomic mass is 16.2. The summed E-state index contributed by atoms with van der Waals surface area (Å²) in [4.78, 5) is 35.7. The van der Waals surface area contributed by atoms with E-state index in [4.69, 9.17) is 0 Å². The smallest absolute Gasteiger partial charge is 0.274 e. The average molecular weight is 359 g/mol. The van der Waals surface area contributed by atoms with Crippen LogP contribution in [-0.2, 0) is 16.1 Å². The summed E-state index contributed by atoms with van der Waals surface area (Å²) in [7, 11) is 0. The van der Waals surface area contributed by atoms with Crippen molar-refractivity contribution in [3.63, 3.8) is 0 Å². The Bertz CT molecular complexity index is 751. The largest absolute Gasteiger partial charge is 0.349 e. The van der Waals surface area contributed by atoms with Crippen LogP contribution in [-0.4, -0.2) is 22.4 Å². The molecule has 0 radical (unpaired) electrons. The summed E-state index contributed by atoms with van der Waals surface area (Å²) in [5.74, 6) is 1.12. The molecule has 6 heteroatoms. The van der Waals surface area contributed by atoms with E-state index in [2.05, 4.69) is 31.4 Å². The van der Waals surface area contributed by atoms with Gasteiger partial charge in [-0.05, 0) is 61.5 Å². The van der Waals surface area contributed by atoms with Crippen LogP contribution in [0.1, 0.15) is 52.9 Å². The minimum Gasteiger partial charge on any atom is -0.349 e. The van der Waals surface area contributed by atoms with Gasteiger partial charge in [-0.2, -0.15) is 0 Å². The Morgan fingerprint density at radius 1 is 1.35 bits per heavy atom. The van der Waals surface area contributed by atoms with Gasteiger partial charge in [0, 0.05) is 11.7 Å². The molecule has 2 aliphatic carbocycles. The Morgan fingerprint density at radius 3 is 2.85 bits per heavy atom. The molecular weight excluding hydrogens is 330 g/mol. The van der Waals surface area contributed by atoms with Crippen LogP contribution in [0.3, 0.4) is 0 Å². The summed E-state index contributed by atoms with van der Waals surface area (Å²) >= 11 is 0. The fraction of sp³-hybridized carbons (Fsp3) is 0.650. The Balaban J connectivity index is 1.76. The van der Waals surface area contributed by atoms with Crippen LogP contribution in [0, 0.1) is 17.3 Å². The number of aromatic nitrogens is 1. The monoisotopic (exact) mass is 359 g/mol. The second kappa shape index (κ2) is 6.89. The first-order valence-corrected chi connectivity index (χ1v) is 9.43. The molecule has 2 bridgehead atoms. The minimum absolute atomic E-state index is 0.0333.